The molecule has 0 unspecified atom stereocenters. The zero-order valence-corrected chi connectivity index (χ0v) is 7.04. The summed E-state index contributed by atoms with van der Waals surface area (Å²) in [5, 5.41) is 0. The van der Waals surface area contributed by atoms with Gasteiger partial charge in [-0.1, -0.05) is 13.3 Å². The van der Waals surface area contributed by atoms with Crippen molar-refractivity contribution in [1.82, 2.24) is 0 Å². The molecule has 0 aromatic heterocycles. The largest absolute Gasteiger partial charge is 0.346 e. The highest BCUT2D eigenvalue weighted by atomic mass is 32.2. The Balaban J connectivity index is 3.82. The van der Waals surface area contributed by atoms with E-state index in [0.717, 1.165) is 0 Å². The first-order valence-corrected chi connectivity index (χ1v) is 4.29. The van der Waals surface area contributed by atoms with Crippen LogP contribution in [0.5, 0.6) is 0 Å². The van der Waals surface area contributed by atoms with Crippen molar-refractivity contribution in [3.8, 4) is 0 Å². The lowest BCUT2D eigenvalue weighted by molar-refractivity contribution is -0.135. The summed E-state index contributed by atoms with van der Waals surface area (Å²) in [7, 11) is -3.11. The number of carbonyl (C=O) groups is 1. The van der Waals surface area contributed by atoms with Gasteiger partial charge in [0.25, 0.3) is 0 Å². The van der Waals surface area contributed by atoms with Gasteiger partial charge in [-0.25, -0.2) is 4.79 Å². The summed E-state index contributed by atoms with van der Waals surface area (Å²) in [5.74, 6) is -0.886. The van der Waals surface area contributed by atoms with E-state index in [9.17, 15) is 13.2 Å². The average Bonchev–Trinajstić information content (AvgIpc) is 1.86. The number of thiol groups is 1. The van der Waals surface area contributed by atoms with Crippen LogP contribution in [-0.4, -0.2) is 20.4 Å². The first kappa shape index (κ1) is 10.4. The van der Waals surface area contributed by atoms with E-state index >= 15 is 0 Å². The van der Waals surface area contributed by atoms with Gasteiger partial charge in [-0.2, -0.15) is 8.42 Å². The lowest BCUT2D eigenvalue weighted by Crippen LogP contribution is -2.31. The molecule has 0 bridgehead atoms. The fourth-order valence-electron chi connectivity index (χ4n) is 0.570. The van der Waals surface area contributed by atoms with Crippen LogP contribution in [0.25, 0.3) is 0 Å². The lowest BCUT2D eigenvalue weighted by atomic mass is 10.2. The van der Waals surface area contributed by atoms with Gasteiger partial charge < -0.3 is 9.92 Å². The molecule has 0 aliphatic rings. The van der Waals surface area contributed by atoms with Crippen molar-refractivity contribution in [2.24, 2.45) is 5.73 Å². The van der Waals surface area contributed by atoms with Crippen LogP contribution >= 0.6 is 0 Å². The molecule has 0 saturated carbocycles. The van der Waals surface area contributed by atoms with Gasteiger partial charge >= 0.3 is 17.0 Å². The zero-order chi connectivity index (χ0) is 8.85. The van der Waals surface area contributed by atoms with E-state index in [-0.39, 0.29) is 0 Å². The summed E-state index contributed by atoms with van der Waals surface area (Å²) in [6, 6.07) is -0.826. The summed E-state index contributed by atoms with van der Waals surface area (Å²) in [6.45, 7) is 1.84. The van der Waals surface area contributed by atoms with Crippen molar-refractivity contribution < 1.29 is 17.4 Å². The Kier molecular flexibility index (Phi) is 4.80. The molecule has 0 aliphatic carbocycles. The maximum absolute atomic E-state index is 10.6. The Bertz CT molecular complexity index is 193. The first-order chi connectivity index (χ1) is 5.07. The normalized spacial score (nSPS) is 13.0. The van der Waals surface area contributed by atoms with E-state index in [4.69, 9.17) is 5.73 Å². The molecule has 66 valence electrons. The topological polar surface area (TPSA) is 86.5 Å². The van der Waals surface area contributed by atoms with Gasteiger partial charge in [-0.3, -0.25) is 0 Å². The van der Waals surface area contributed by atoms with Gasteiger partial charge in [0, 0.05) is 0 Å². The molecule has 11 heavy (non-hydrogen) atoms. The minimum Gasteiger partial charge on any atom is -0.346 e. The molecule has 2 N–H and O–H groups in total. The fraction of sp³-hybridized carbons (Fsp3) is 0.800. The number of hydrogen-bond donors (Lipinski definition) is 2. The second-order valence-electron chi connectivity index (χ2n) is 2.03. The van der Waals surface area contributed by atoms with Crippen LogP contribution in [0.15, 0.2) is 0 Å². The molecule has 0 fully saturated rings. The Morgan fingerprint density at radius 2 is 2.18 bits per heavy atom. The fourth-order valence-corrected chi connectivity index (χ4v) is 0.852. The molecule has 0 aliphatic heterocycles. The molecule has 0 heterocycles. The maximum atomic E-state index is 10.6. The average molecular weight is 181 g/mol. The molecular formula is C5H11NO4S. The molecule has 0 aromatic carbocycles. The van der Waals surface area contributed by atoms with Crippen molar-refractivity contribution in [2.75, 3.05) is 0 Å². The highest BCUT2D eigenvalue weighted by molar-refractivity contribution is 7.67. The molecule has 0 spiro atoms. The van der Waals surface area contributed by atoms with Crippen molar-refractivity contribution in [3.05, 3.63) is 0 Å². The molecule has 0 radical (unpaired) electrons. The van der Waals surface area contributed by atoms with E-state index in [1.807, 2.05) is 6.92 Å². The van der Waals surface area contributed by atoms with Crippen LogP contribution in [0.4, 0.5) is 0 Å². The lowest BCUT2D eigenvalue weighted by Gasteiger charge is -2.04. The molecule has 0 amide bonds. The van der Waals surface area contributed by atoms with Gasteiger partial charge in [0.2, 0.25) is 0 Å². The quantitative estimate of drug-likeness (QED) is 0.553. The second-order valence-corrected chi connectivity index (χ2v) is 2.66. The van der Waals surface area contributed by atoms with Crippen LogP contribution in [0.2, 0.25) is 0 Å². The van der Waals surface area contributed by atoms with Crippen LogP contribution in [0, 0.1) is 0 Å². The SMILES string of the molecule is CCC[C@H](N)C(=O)O[SH](=O)=O. The van der Waals surface area contributed by atoms with Crippen molar-refractivity contribution >= 4 is 17.0 Å². The second kappa shape index (κ2) is 5.09. The van der Waals surface area contributed by atoms with Gasteiger partial charge in [0.05, 0.1) is 0 Å². The molecule has 0 saturated heterocycles. The molecule has 0 rings (SSSR count). The third kappa shape index (κ3) is 4.74. The third-order valence-electron chi connectivity index (χ3n) is 1.07. The van der Waals surface area contributed by atoms with E-state index in [1.54, 1.807) is 0 Å². The maximum Gasteiger partial charge on any atom is 0.338 e. The first-order valence-electron chi connectivity index (χ1n) is 3.19. The van der Waals surface area contributed by atoms with Crippen LogP contribution in [0.3, 0.4) is 0 Å². The Morgan fingerprint density at radius 3 is 2.55 bits per heavy atom. The summed E-state index contributed by atoms with van der Waals surface area (Å²) in [6.07, 6.45) is 1.15. The molecule has 1 atom stereocenters. The highest BCUT2D eigenvalue weighted by Crippen LogP contribution is 1.95. The molecule has 0 aromatic rings. The third-order valence-corrected chi connectivity index (χ3v) is 1.40. The molecular weight excluding hydrogens is 170 g/mol. The van der Waals surface area contributed by atoms with E-state index in [0.29, 0.717) is 12.8 Å². The molecule has 5 nitrogen and oxygen atoms in total. The van der Waals surface area contributed by atoms with Gasteiger partial charge in [-0.15, -0.1) is 0 Å². The smallest absolute Gasteiger partial charge is 0.338 e. The van der Waals surface area contributed by atoms with Crippen molar-refractivity contribution in [3.63, 3.8) is 0 Å². The van der Waals surface area contributed by atoms with Gasteiger partial charge in [-0.05, 0) is 6.42 Å². The number of rotatable bonds is 4. The van der Waals surface area contributed by atoms with Gasteiger partial charge in [0.15, 0.2) is 0 Å². The standard InChI is InChI=1S/C5H11NO4S/c1-2-3-4(6)5(7)10-11(8)9/h4,11H,2-3,6H2,1H3/t4-/m0/s1. The number of hydrogen-bond acceptors (Lipinski definition) is 5. The zero-order valence-electron chi connectivity index (χ0n) is 6.15. The summed E-state index contributed by atoms with van der Waals surface area (Å²) >= 11 is 0. The number of carbonyl (C=O) groups excluding carboxylic acids is 1. The minimum atomic E-state index is -3.11. The van der Waals surface area contributed by atoms with Crippen molar-refractivity contribution in [1.29, 1.82) is 0 Å². The van der Waals surface area contributed by atoms with Crippen LogP contribution < -0.4 is 5.73 Å². The predicted molar refractivity (Wildman–Crippen MR) is 39.3 cm³/mol. The Morgan fingerprint density at radius 1 is 1.64 bits per heavy atom. The van der Waals surface area contributed by atoms with E-state index < -0.39 is 23.0 Å². The predicted octanol–water partition coefficient (Wildman–Crippen LogP) is -0.817. The van der Waals surface area contributed by atoms with E-state index in [2.05, 4.69) is 4.18 Å². The van der Waals surface area contributed by atoms with E-state index in [1.165, 1.54) is 0 Å². The van der Waals surface area contributed by atoms with Crippen molar-refractivity contribution in [2.45, 2.75) is 25.8 Å². The minimum absolute atomic E-state index is 0.433. The number of nitrogens with two attached hydrogens (primary N) is 1. The summed E-state index contributed by atoms with van der Waals surface area (Å²) in [5.41, 5.74) is 5.23. The summed E-state index contributed by atoms with van der Waals surface area (Å²) in [4.78, 5) is 10.6. The molecule has 6 heteroatoms. The Labute approximate surface area is 66.7 Å². The summed E-state index contributed by atoms with van der Waals surface area (Å²) < 4.78 is 23.6. The van der Waals surface area contributed by atoms with Crippen LogP contribution in [-0.2, 0) is 20.0 Å². The van der Waals surface area contributed by atoms with Crippen LogP contribution in [0.1, 0.15) is 19.8 Å². The Hall–Kier alpha value is -0.620. The monoisotopic (exact) mass is 181 g/mol. The highest BCUT2D eigenvalue weighted by Gasteiger charge is 2.14. The van der Waals surface area contributed by atoms with Gasteiger partial charge in [0.1, 0.15) is 6.04 Å².